The number of nitrogens with two attached hydrogens (primary N) is 1. The Bertz CT molecular complexity index is 969. The Hall–Kier alpha value is -2.93. The minimum atomic E-state index is -0.641. The third kappa shape index (κ3) is 3.38. The van der Waals surface area contributed by atoms with Crippen LogP contribution in [0.4, 0.5) is 19.0 Å². The lowest BCUT2D eigenvalue weighted by Crippen LogP contribution is -2.13. The molecule has 4 nitrogen and oxygen atoms in total. The average molecular weight is 370 g/mol. The van der Waals surface area contributed by atoms with Gasteiger partial charge in [0.2, 0.25) is 0 Å². The van der Waals surface area contributed by atoms with Gasteiger partial charge in [-0.1, -0.05) is 6.07 Å². The molecule has 4 rings (SSSR count). The number of halogens is 3. The van der Waals surface area contributed by atoms with Crippen LogP contribution in [0.2, 0.25) is 0 Å². The zero-order valence-electron chi connectivity index (χ0n) is 14.3. The third-order valence-corrected chi connectivity index (χ3v) is 4.81. The lowest BCUT2D eigenvalue weighted by atomic mass is 9.85. The molecule has 0 aliphatic carbocycles. The van der Waals surface area contributed by atoms with Crippen molar-refractivity contribution in [2.24, 2.45) is 0 Å². The first-order chi connectivity index (χ1) is 13.0. The Kier molecular flexibility index (Phi) is 4.53. The summed E-state index contributed by atoms with van der Waals surface area (Å²) >= 11 is 0. The van der Waals surface area contributed by atoms with Gasteiger partial charge in [-0.2, -0.15) is 0 Å². The highest BCUT2D eigenvalue weighted by molar-refractivity contribution is 5.63. The molecule has 0 saturated carbocycles. The fourth-order valence-electron chi connectivity index (χ4n) is 3.56. The largest absolute Gasteiger partial charge is 0.382 e. The molecule has 3 aromatic rings. The predicted octanol–water partition coefficient (Wildman–Crippen LogP) is 3.77. The van der Waals surface area contributed by atoms with E-state index in [-0.39, 0.29) is 11.7 Å². The van der Waals surface area contributed by atoms with Gasteiger partial charge in [-0.05, 0) is 54.4 Å². The van der Waals surface area contributed by atoms with Crippen LogP contribution in [0.15, 0.2) is 42.5 Å². The molecule has 1 aliphatic heterocycles. The maximum Gasteiger partial charge on any atom is 0.146 e. The summed E-state index contributed by atoms with van der Waals surface area (Å²) in [7, 11) is 0. The van der Waals surface area contributed by atoms with E-state index in [9.17, 15) is 8.78 Å². The Balaban J connectivity index is 1.83. The number of fused-ring (bicyclic) bond motifs is 1. The molecule has 138 valence electrons. The van der Waals surface area contributed by atoms with Crippen molar-refractivity contribution in [2.45, 2.75) is 18.9 Å². The van der Waals surface area contributed by atoms with Crippen molar-refractivity contribution >= 4 is 5.82 Å². The SMILES string of the molecule is Nc1ccc(-c2ccc3c(c2F)CNCCC3c2cc(F)cc(F)c2)nn1. The van der Waals surface area contributed by atoms with Gasteiger partial charge in [0.05, 0.1) is 5.69 Å². The lowest BCUT2D eigenvalue weighted by Gasteiger charge is -2.19. The summed E-state index contributed by atoms with van der Waals surface area (Å²) in [6.07, 6.45) is 0.607. The maximum atomic E-state index is 15.3. The molecular formula is C20H17F3N4. The van der Waals surface area contributed by atoms with E-state index in [2.05, 4.69) is 15.5 Å². The second-order valence-electron chi connectivity index (χ2n) is 6.56. The Morgan fingerprint density at radius 1 is 0.963 bits per heavy atom. The van der Waals surface area contributed by atoms with Crippen LogP contribution in [-0.4, -0.2) is 16.7 Å². The van der Waals surface area contributed by atoms with Crippen molar-refractivity contribution in [3.8, 4) is 11.3 Å². The van der Waals surface area contributed by atoms with Gasteiger partial charge in [-0.25, -0.2) is 13.2 Å². The number of nitrogens with zero attached hydrogens (tertiary/aromatic N) is 2. The molecule has 1 unspecified atom stereocenters. The summed E-state index contributed by atoms with van der Waals surface area (Å²) in [4.78, 5) is 0. The van der Waals surface area contributed by atoms with Gasteiger partial charge in [0, 0.05) is 29.7 Å². The van der Waals surface area contributed by atoms with Crippen LogP contribution in [0, 0.1) is 17.5 Å². The van der Waals surface area contributed by atoms with Crippen molar-refractivity contribution in [3.05, 3.63) is 76.6 Å². The molecule has 2 heterocycles. The van der Waals surface area contributed by atoms with E-state index in [1.165, 1.54) is 12.1 Å². The van der Waals surface area contributed by atoms with Crippen molar-refractivity contribution < 1.29 is 13.2 Å². The summed E-state index contributed by atoms with van der Waals surface area (Å²) in [5.74, 6) is -1.75. The molecule has 0 spiro atoms. The number of anilines is 1. The first kappa shape index (κ1) is 17.5. The van der Waals surface area contributed by atoms with Crippen molar-refractivity contribution in [1.82, 2.24) is 15.5 Å². The molecule has 2 aromatic carbocycles. The summed E-state index contributed by atoms with van der Waals surface area (Å²) in [5.41, 5.74) is 7.92. The lowest BCUT2D eigenvalue weighted by molar-refractivity contribution is 0.573. The van der Waals surface area contributed by atoms with E-state index in [1.54, 1.807) is 24.3 Å². The standard InChI is InChI=1S/C20H17F3N4/c21-12-7-11(8-13(22)9-12)14-5-6-25-10-17-15(14)1-2-16(20(17)23)18-3-4-19(24)27-26-18/h1-4,7-9,14,25H,5-6,10H2,(H2,24,27). The first-order valence-corrected chi connectivity index (χ1v) is 8.60. The second-order valence-corrected chi connectivity index (χ2v) is 6.56. The van der Waals surface area contributed by atoms with Crippen molar-refractivity contribution in [1.29, 1.82) is 0 Å². The Morgan fingerprint density at radius 2 is 1.74 bits per heavy atom. The molecule has 1 aliphatic rings. The molecule has 1 atom stereocenters. The Labute approximate surface area is 154 Å². The molecule has 0 amide bonds. The van der Waals surface area contributed by atoms with Gasteiger partial charge >= 0.3 is 0 Å². The van der Waals surface area contributed by atoms with E-state index in [0.29, 0.717) is 41.9 Å². The van der Waals surface area contributed by atoms with E-state index < -0.39 is 17.5 Å². The average Bonchev–Trinajstić information content (AvgIpc) is 2.85. The topological polar surface area (TPSA) is 63.8 Å². The highest BCUT2D eigenvalue weighted by Gasteiger charge is 2.25. The van der Waals surface area contributed by atoms with E-state index in [4.69, 9.17) is 5.73 Å². The molecular weight excluding hydrogens is 353 g/mol. The number of hydrogen-bond donors (Lipinski definition) is 2. The summed E-state index contributed by atoms with van der Waals surface area (Å²) in [5, 5.41) is 10.9. The van der Waals surface area contributed by atoms with Crippen LogP contribution < -0.4 is 11.1 Å². The van der Waals surface area contributed by atoms with Gasteiger partial charge in [0.15, 0.2) is 0 Å². The highest BCUT2D eigenvalue weighted by Crippen LogP contribution is 2.36. The van der Waals surface area contributed by atoms with Gasteiger partial charge in [0.1, 0.15) is 23.3 Å². The van der Waals surface area contributed by atoms with Gasteiger partial charge < -0.3 is 11.1 Å². The first-order valence-electron chi connectivity index (χ1n) is 8.60. The van der Waals surface area contributed by atoms with Crippen LogP contribution >= 0.6 is 0 Å². The fraction of sp³-hybridized carbons (Fsp3) is 0.200. The van der Waals surface area contributed by atoms with Gasteiger partial charge in [0.25, 0.3) is 0 Å². The number of benzene rings is 2. The Morgan fingerprint density at radius 3 is 2.44 bits per heavy atom. The van der Waals surface area contributed by atoms with Crippen LogP contribution in [0.1, 0.15) is 29.0 Å². The molecule has 1 aromatic heterocycles. The van der Waals surface area contributed by atoms with E-state index in [0.717, 1.165) is 11.6 Å². The smallest absolute Gasteiger partial charge is 0.146 e. The molecule has 0 radical (unpaired) electrons. The normalized spacial score (nSPS) is 16.6. The fourth-order valence-corrected chi connectivity index (χ4v) is 3.56. The number of nitrogens with one attached hydrogen (secondary N) is 1. The molecule has 0 saturated heterocycles. The zero-order valence-corrected chi connectivity index (χ0v) is 14.3. The summed E-state index contributed by atoms with van der Waals surface area (Å²) < 4.78 is 42.7. The molecule has 27 heavy (non-hydrogen) atoms. The van der Waals surface area contributed by atoms with Crippen LogP contribution in [0.5, 0.6) is 0 Å². The molecule has 3 N–H and O–H groups in total. The van der Waals surface area contributed by atoms with Gasteiger partial charge in [-0.15, -0.1) is 10.2 Å². The second kappa shape index (κ2) is 7.00. The summed E-state index contributed by atoms with van der Waals surface area (Å²) in [6, 6.07) is 10.0. The maximum absolute atomic E-state index is 15.3. The van der Waals surface area contributed by atoms with E-state index in [1.807, 2.05) is 0 Å². The number of hydrogen-bond acceptors (Lipinski definition) is 4. The highest BCUT2D eigenvalue weighted by atomic mass is 19.1. The quantitative estimate of drug-likeness (QED) is 0.721. The van der Waals surface area contributed by atoms with Crippen molar-refractivity contribution in [2.75, 3.05) is 12.3 Å². The molecule has 7 heteroatoms. The molecule has 0 bridgehead atoms. The van der Waals surface area contributed by atoms with E-state index >= 15 is 4.39 Å². The number of nitrogen functional groups attached to an aromatic ring is 1. The van der Waals surface area contributed by atoms with Crippen LogP contribution in [-0.2, 0) is 6.54 Å². The third-order valence-electron chi connectivity index (χ3n) is 4.81. The summed E-state index contributed by atoms with van der Waals surface area (Å²) in [6.45, 7) is 0.930. The minimum Gasteiger partial charge on any atom is -0.382 e. The number of rotatable bonds is 2. The number of aromatic nitrogens is 2. The molecule has 0 fully saturated rings. The monoisotopic (exact) mass is 370 g/mol. The predicted molar refractivity (Wildman–Crippen MR) is 96.4 cm³/mol. The van der Waals surface area contributed by atoms with Crippen LogP contribution in [0.3, 0.4) is 0 Å². The van der Waals surface area contributed by atoms with Gasteiger partial charge in [-0.3, -0.25) is 0 Å². The minimum absolute atomic E-state index is 0.253. The van der Waals surface area contributed by atoms with Crippen molar-refractivity contribution in [3.63, 3.8) is 0 Å². The zero-order chi connectivity index (χ0) is 19.0. The van der Waals surface area contributed by atoms with Crippen LogP contribution in [0.25, 0.3) is 11.3 Å².